The van der Waals surface area contributed by atoms with Gasteiger partial charge in [0.2, 0.25) is 5.91 Å². The maximum absolute atomic E-state index is 13.5. The van der Waals surface area contributed by atoms with E-state index < -0.39 is 0 Å². The first-order valence-electron chi connectivity index (χ1n) is 13.8. The van der Waals surface area contributed by atoms with Crippen molar-refractivity contribution in [3.63, 3.8) is 0 Å². The van der Waals surface area contributed by atoms with Gasteiger partial charge in [0, 0.05) is 36.8 Å². The highest BCUT2D eigenvalue weighted by Gasteiger charge is 2.74. The topological polar surface area (TPSA) is 56.3 Å². The zero-order valence-corrected chi connectivity index (χ0v) is 23.0. The second-order valence-corrected chi connectivity index (χ2v) is 11.8. The SMILES string of the molecule is C=CCN1CC[C@]23c4c5ccc(O)c4O[C@H]2[C@H](N(C)C(=O)C=Cc2cccc(C)c2)CC[C@@]3(N(C)C)[C@H]1C5. The third-order valence-electron chi connectivity index (χ3n) is 10.0. The molecule has 0 unspecified atom stereocenters. The highest BCUT2D eigenvalue weighted by atomic mass is 16.5. The molecule has 1 N–H and O–H groups in total. The van der Waals surface area contributed by atoms with Crippen LogP contribution in [-0.4, -0.2) is 83.7 Å². The van der Waals surface area contributed by atoms with Crippen LogP contribution in [0.25, 0.3) is 6.08 Å². The van der Waals surface area contributed by atoms with E-state index in [1.165, 1.54) is 16.7 Å². The molecule has 2 bridgehead atoms. The van der Waals surface area contributed by atoms with Gasteiger partial charge in [-0.05, 0) is 76.5 Å². The van der Waals surface area contributed by atoms with Crippen LogP contribution in [0.5, 0.6) is 11.5 Å². The Morgan fingerprint density at radius 3 is 2.79 bits per heavy atom. The first-order valence-corrected chi connectivity index (χ1v) is 13.8. The number of hydrogen-bond acceptors (Lipinski definition) is 5. The molecule has 4 aliphatic rings. The van der Waals surface area contributed by atoms with E-state index in [1.807, 2.05) is 36.2 Å². The van der Waals surface area contributed by atoms with Crippen LogP contribution in [0.4, 0.5) is 0 Å². The molecule has 1 saturated carbocycles. The minimum Gasteiger partial charge on any atom is -0.504 e. The van der Waals surface area contributed by atoms with Gasteiger partial charge in [-0.25, -0.2) is 0 Å². The Morgan fingerprint density at radius 1 is 1.24 bits per heavy atom. The lowest BCUT2D eigenvalue weighted by Gasteiger charge is -2.69. The number of likely N-dealkylation sites (N-methyl/N-ethyl adjacent to an activating group) is 2. The van der Waals surface area contributed by atoms with E-state index in [2.05, 4.69) is 55.6 Å². The molecule has 38 heavy (non-hydrogen) atoms. The lowest BCUT2D eigenvalue weighted by atomic mass is 9.46. The van der Waals surface area contributed by atoms with Gasteiger partial charge in [-0.15, -0.1) is 6.58 Å². The fourth-order valence-corrected chi connectivity index (χ4v) is 8.53. The molecular weight excluding hydrogens is 474 g/mol. The van der Waals surface area contributed by atoms with Gasteiger partial charge in [-0.2, -0.15) is 0 Å². The van der Waals surface area contributed by atoms with Gasteiger partial charge in [0.1, 0.15) is 6.10 Å². The molecule has 2 aromatic rings. The number of carbonyl (C=O) groups is 1. The third kappa shape index (κ3) is 3.29. The van der Waals surface area contributed by atoms with E-state index in [0.717, 1.165) is 44.3 Å². The number of hydrogen-bond donors (Lipinski definition) is 1. The summed E-state index contributed by atoms with van der Waals surface area (Å²) in [6, 6.07) is 12.2. The van der Waals surface area contributed by atoms with Crippen LogP contribution in [0.15, 0.2) is 55.1 Å². The van der Waals surface area contributed by atoms with Gasteiger partial charge >= 0.3 is 0 Å². The second kappa shape index (κ2) is 8.99. The molecule has 1 spiro atoms. The second-order valence-electron chi connectivity index (χ2n) is 11.8. The maximum atomic E-state index is 13.5. The molecular formula is C32H39N3O3. The number of aromatic hydroxyl groups is 1. The van der Waals surface area contributed by atoms with Gasteiger partial charge in [-0.1, -0.05) is 42.0 Å². The van der Waals surface area contributed by atoms with E-state index >= 15 is 0 Å². The van der Waals surface area contributed by atoms with Gasteiger partial charge in [0.15, 0.2) is 11.5 Å². The van der Waals surface area contributed by atoms with E-state index in [4.69, 9.17) is 4.74 Å². The molecule has 2 heterocycles. The molecule has 200 valence electrons. The average Bonchev–Trinajstić information content (AvgIpc) is 3.25. The molecule has 2 aromatic carbocycles. The molecule has 6 nitrogen and oxygen atoms in total. The summed E-state index contributed by atoms with van der Waals surface area (Å²) in [4.78, 5) is 20.4. The lowest BCUT2D eigenvalue weighted by Crippen LogP contribution is -2.82. The number of benzene rings is 2. The van der Waals surface area contributed by atoms with Crippen LogP contribution >= 0.6 is 0 Å². The molecule has 0 radical (unpaired) electrons. The number of phenols is 1. The first-order chi connectivity index (χ1) is 18.2. The first kappa shape index (κ1) is 25.2. The normalized spacial score (nSPS) is 31.2. The number of phenolic OH excluding ortho intramolecular Hbond substituents is 1. The molecule has 1 amide bonds. The Bertz CT molecular complexity index is 1320. The maximum Gasteiger partial charge on any atom is 0.246 e. The van der Waals surface area contributed by atoms with Crippen LogP contribution in [-0.2, 0) is 16.6 Å². The Labute approximate surface area is 226 Å². The fraction of sp³-hybridized carbons (Fsp3) is 0.469. The quantitative estimate of drug-likeness (QED) is 0.465. The summed E-state index contributed by atoms with van der Waals surface area (Å²) >= 11 is 0. The number of piperidine rings is 1. The Balaban J connectivity index is 1.42. The summed E-state index contributed by atoms with van der Waals surface area (Å²) in [6.45, 7) is 7.90. The zero-order chi connectivity index (χ0) is 26.8. The highest BCUT2D eigenvalue weighted by Crippen LogP contribution is 2.67. The summed E-state index contributed by atoms with van der Waals surface area (Å²) in [6.07, 6.45) is 9.00. The fourth-order valence-electron chi connectivity index (χ4n) is 8.53. The van der Waals surface area contributed by atoms with Crippen LogP contribution in [0.1, 0.15) is 41.5 Å². The lowest BCUT2D eigenvalue weighted by molar-refractivity contribution is -0.158. The molecule has 6 heteroatoms. The molecule has 6 rings (SSSR count). The van der Waals surface area contributed by atoms with Crippen LogP contribution in [0.3, 0.4) is 0 Å². The van der Waals surface area contributed by atoms with Crippen LogP contribution < -0.4 is 4.74 Å². The molecule has 2 aliphatic carbocycles. The smallest absolute Gasteiger partial charge is 0.246 e. The van der Waals surface area contributed by atoms with Crippen molar-refractivity contribution in [2.24, 2.45) is 0 Å². The van der Waals surface area contributed by atoms with Gasteiger partial charge in [0.05, 0.1) is 11.5 Å². The Morgan fingerprint density at radius 2 is 2.05 bits per heavy atom. The number of nitrogens with zero attached hydrogens (tertiary/aromatic N) is 3. The standard InChI is InChI=1S/C32H39N3O3/c1-6-17-35-18-16-31-28-23-11-12-25(36)29(28)38-30(31)24(14-15-32(31,33(3)4)26(35)20-23)34(5)27(37)13-10-22-9-7-8-21(2)19-22/h6-13,19,24,26,30,36H,1,14-18,20H2,2-5H3/t24-,26-,30+,31+,32-/m1/s1. The average molecular weight is 514 g/mol. The summed E-state index contributed by atoms with van der Waals surface area (Å²) in [7, 11) is 6.32. The van der Waals surface area contributed by atoms with Gasteiger partial charge < -0.3 is 19.6 Å². The number of carbonyl (C=O) groups excluding carboxylic acids is 1. The Hall–Kier alpha value is -3.09. The van der Waals surface area contributed by atoms with Crippen LogP contribution in [0, 0.1) is 6.92 Å². The molecule has 1 saturated heterocycles. The summed E-state index contributed by atoms with van der Waals surface area (Å²) in [5.41, 5.74) is 4.17. The minimum atomic E-state index is -0.307. The number of rotatable bonds is 6. The number of aryl methyl sites for hydroxylation is 1. The van der Waals surface area contributed by atoms with E-state index in [9.17, 15) is 9.90 Å². The van der Waals surface area contributed by atoms with Crippen LogP contribution in [0.2, 0.25) is 0 Å². The highest BCUT2D eigenvalue weighted by molar-refractivity contribution is 5.92. The third-order valence-corrected chi connectivity index (χ3v) is 10.0. The summed E-state index contributed by atoms with van der Waals surface area (Å²) < 4.78 is 6.81. The van der Waals surface area contributed by atoms with Crippen molar-refractivity contribution in [3.05, 3.63) is 77.4 Å². The van der Waals surface area contributed by atoms with Crippen molar-refractivity contribution < 1.29 is 14.6 Å². The zero-order valence-electron chi connectivity index (χ0n) is 23.0. The number of amides is 1. The molecule has 0 aromatic heterocycles. The minimum absolute atomic E-state index is 0.0225. The molecule has 2 aliphatic heterocycles. The van der Waals surface area contributed by atoms with E-state index in [-0.39, 0.29) is 34.8 Å². The summed E-state index contributed by atoms with van der Waals surface area (Å²) in [5.74, 6) is 0.822. The van der Waals surface area contributed by atoms with Crippen molar-refractivity contribution in [2.75, 3.05) is 34.2 Å². The number of ether oxygens (including phenoxy) is 1. The van der Waals surface area contributed by atoms with Crippen molar-refractivity contribution >= 4 is 12.0 Å². The van der Waals surface area contributed by atoms with Crippen molar-refractivity contribution in [2.45, 2.75) is 61.7 Å². The van der Waals surface area contributed by atoms with Crippen molar-refractivity contribution in [1.82, 2.24) is 14.7 Å². The molecule has 5 atom stereocenters. The predicted octanol–water partition coefficient (Wildman–Crippen LogP) is 4.15. The van der Waals surface area contributed by atoms with E-state index in [1.54, 1.807) is 12.1 Å². The monoisotopic (exact) mass is 513 g/mol. The van der Waals surface area contributed by atoms with Gasteiger partial charge in [-0.3, -0.25) is 9.69 Å². The van der Waals surface area contributed by atoms with Crippen molar-refractivity contribution in [1.29, 1.82) is 0 Å². The number of likely N-dealkylation sites (tertiary alicyclic amines) is 1. The largest absolute Gasteiger partial charge is 0.504 e. The molecule has 2 fully saturated rings. The van der Waals surface area contributed by atoms with Crippen molar-refractivity contribution in [3.8, 4) is 11.5 Å². The Kier molecular flexibility index (Phi) is 5.96. The summed E-state index contributed by atoms with van der Waals surface area (Å²) in [5, 5.41) is 11.0. The van der Waals surface area contributed by atoms with E-state index in [0.29, 0.717) is 11.8 Å². The van der Waals surface area contributed by atoms with Gasteiger partial charge in [0.25, 0.3) is 0 Å². The predicted molar refractivity (Wildman–Crippen MR) is 151 cm³/mol.